The number of benzene rings is 2. The Morgan fingerprint density at radius 3 is 2.47 bits per heavy atom. The number of anilines is 1. The van der Waals surface area contributed by atoms with Gasteiger partial charge in [-0.2, -0.15) is 0 Å². The highest BCUT2D eigenvalue weighted by Crippen LogP contribution is 2.25. The molecule has 1 aliphatic rings. The molecule has 1 aliphatic carbocycles. The maximum atomic E-state index is 13.5. The molecule has 0 saturated heterocycles. The van der Waals surface area contributed by atoms with Crippen LogP contribution < -0.4 is 14.4 Å². The summed E-state index contributed by atoms with van der Waals surface area (Å²) < 4.78 is 32.0. The zero-order valence-corrected chi connectivity index (χ0v) is 24.0. The van der Waals surface area contributed by atoms with Crippen LogP contribution in [-0.2, 0) is 26.2 Å². The molecular formula is C29H41N3O5S. The van der Waals surface area contributed by atoms with Crippen LogP contribution in [0.15, 0.2) is 42.5 Å². The van der Waals surface area contributed by atoms with Crippen molar-refractivity contribution in [3.8, 4) is 5.75 Å². The number of rotatable bonds is 12. The first-order valence-electron chi connectivity index (χ1n) is 13.3. The summed E-state index contributed by atoms with van der Waals surface area (Å²) in [7, 11) is -1.96. The molecule has 0 unspecified atom stereocenters. The molecule has 0 radical (unpaired) electrons. The zero-order valence-electron chi connectivity index (χ0n) is 23.2. The van der Waals surface area contributed by atoms with Gasteiger partial charge in [-0.05, 0) is 74.9 Å². The number of methoxy groups -OCH3 is 1. The maximum absolute atomic E-state index is 13.5. The molecule has 2 aromatic carbocycles. The van der Waals surface area contributed by atoms with Gasteiger partial charge in [-0.15, -0.1) is 0 Å². The van der Waals surface area contributed by atoms with Gasteiger partial charge in [-0.1, -0.05) is 37.1 Å². The van der Waals surface area contributed by atoms with Gasteiger partial charge in [0.15, 0.2) is 0 Å². The topological polar surface area (TPSA) is 96.0 Å². The molecule has 1 N–H and O–H groups in total. The molecule has 1 saturated carbocycles. The summed E-state index contributed by atoms with van der Waals surface area (Å²) in [5.41, 5.74) is 3.29. The van der Waals surface area contributed by atoms with Crippen LogP contribution in [-0.4, -0.2) is 57.1 Å². The van der Waals surface area contributed by atoms with Gasteiger partial charge in [0, 0.05) is 25.6 Å². The lowest BCUT2D eigenvalue weighted by Crippen LogP contribution is -2.49. The number of hydrogen-bond donors (Lipinski definition) is 1. The number of carbonyl (C=O) groups excluding carboxylic acids is 2. The summed E-state index contributed by atoms with van der Waals surface area (Å²) in [4.78, 5) is 28.2. The summed E-state index contributed by atoms with van der Waals surface area (Å²) in [6, 6.07) is 12.6. The van der Waals surface area contributed by atoms with E-state index >= 15 is 0 Å². The number of sulfonamides is 1. The molecule has 2 amide bonds. The van der Waals surface area contributed by atoms with E-state index in [0.717, 1.165) is 42.4 Å². The predicted molar refractivity (Wildman–Crippen MR) is 151 cm³/mol. The van der Waals surface area contributed by atoms with E-state index in [9.17, 15) is 18.0 Å². The molecule has 0 spiro atoms. The Kier molecular flexibility index (Phi) is 10.2. The molecule has 2 aromatic rings. The van der Waals surface area contributed by atoms with Crippen LogP contribution in [0.2, 0.25) is 0 Å². The lowest BCUT2D eigenvalue weighted by atomic mass is 10.1. The standard InChI is InChI=1S/C29H41N3O5S/c1-21-15-16-22(2)27(18-21)32(38(5,35)36)17-9-14-28(33)31(20-24-10-8-13-26(19-24)37-4)23(3)29(34)30-25-11-6-7-12-25/h8,10,13,15-16,18-19,23,25H,6-7,9,11-12,14,17,20H2,1-5H3,(H,30,34)/t23-/m0/s1. The molecule has 38 heavy (non-hydrogen) atoms. The van der Waals surface area contributed by atoms with E-state index in [2.05, 4.69) is 5.32 Å². The molecule has 0 bridgehead atoms. The van der Waals surface area contributed by atoms with E-state index in [1.807, 2.05) is 56.3 Å². The van der Waals surface area contributed by atoms with Gasteiger partial charge in [0.05, 0.1) is 19.1 Å². The van der Waals surface area contributed by atoms with Gasteiger partial charge in [-0.3, -0.25) is 13.9 Å². The second-order valence-electron chi connectivity index (χ2n) is 10.3. The van der Waals surface area contributed by atoms with Crippen LogP contribution in [0.25, 0.3) is 0 Å². The largest absolute Gasteiger partial charge is 0.497 e. The zero-order chi connectivity index (χ0) is 27.9. The van der Waals surface area contributed by atoms with Crippen molar-refractivity contribution in [2.75, 3.05) is 24.2 Å². The second-order valence-corrected chi connectivity index (χ2v) is 12.2. The van der Waals surface area contributed by atoms with Gasteiger partial charge in [-0.25, -0.2) is 8.42 Å². The summed E-state index contributed by atoms with van der Waals surface area (Å²) in [5.74, 6) is 0.313. The molecule has 0 aliphatic heterocycles. The predicted octanol–water partition coefficient (Wildman–Crippen LogP) is 4.33. The highest BCUT2D eigenvalue weighted by atomic mass is 32.2. The first-order valence-corrected chi connectivity index (χ1v) is 15.1. The normalized spacial score (nSPS) is 14.7. The highest BCUT2D eigenvalue weighted by molar-refractivity contribution is 7.92. The van der Waals surface area contributed by atoms with Crippen LogP contribution in [0.4, 0.5) is 5.69 Å². The number of amides is 2. The monoisotopic (exact) mass is 543 g/mol. The van der Waals surface area contributed by atoms with Crippen molar-refractivity contribution in [2.24, 2.45) is 0 Å². The Hall–Kier alpha value is -3.07. The summed E-state index contributed by atoms with van der Waals surface area (Å²) >= 11 is 0. The van der Waals surface area contributed by atoms with E-state index in [-0.39, 0.29) is 37.4 Å². The first kappa shape index (κ1) is 29.5. The van der Waals surface area contributed by atoms with E-state index in [1.165, 1.54) is 10.6 Å². The van der Waals surface area contributed by atoms with Crippen molar-refractivity contribution in [1.82, 2.24) is 10.2 Å². The van der Waals surface area contributed by atoms with Crippen LogP contribution in [0, 0.1) is 13.8 Å². The Morgan fingerprint density at radius 2 is 1.82 bits per heavy atom. The van der Waals surface area contributed by atoms with Gasteiger partial charge >= 0.3 is 0 Å². The third-order valence-electron chi connectivity index (χ3n) is 7.14. The van der Waals surface area contributed by atoms with Crippen molar-refractivity contribution in [2.45, 2.75) is 77.9 Å². The molecule has 3 rings (SSSR count). The number of nitrogens with one attached hydrogen (secondary N) is 1. The van der Waals surface area contributed by atoms with Crippen LogP contribution >= 0.6 is 0 Å². The van der Waals surface area contributed by atoms with Crippen molar-refractivity contribution >= 4 is 27.5 Å². The lowest BCUT2D eigenvalue weighted by molar-refractivity contribution is -0.141. The molecule has 1 fully saturated rings. The fourth-order valence-corrected chi connectivity index (χ4v) is 5.93. The van der Waals surface area contributed by atoms with Gasteiger partial charge in [0.25, 0.3) is 0 Å². The van der Waals surface area contributed by atoms with Gasteiger partial charge < -0.3 is 15.0 Å². The summed E-state index contributed by atoms with van der Waals surface area (Å²) in [6.07, 6.45) is 5.74. The van der Waals surface area contributed by atoms with E-state index in [0.29, 0.717) is 17.9 Å². The number of nitrogens with zero attached hydrogens (tertiary/aromatic N) is 2. The molecular weight excluding hydrogens is 502 g/mol. The quantitative estimate of drug-likeness (QED) is 0.430. The van der Waals surface area contributed by atoms with Crippen molar-refractivity contribution in [3.05, 3.63) is 59.2 Å². The van der Waals surface area contributed by atoms with Crippen LogP contribution in [0.5, 0.6) is 5.75 Å². The van der Waals surface area contributed by atoms with Crippen LogP contribution in [0.1, 0.15) is 62.1 Å². The molecule has 1 atom stereocenters. The minimum absolute atomic E-state index is 0.113. The number of aryl methyl sites for hydroxylation is 2. The second kappa shape index (κ2) is 13.1. The number of ether oxygens (including phenoxy) is 1. The first-order chi connectivity index (χ1) is 18.0. The average Bonchev–Trinajstić information content (AvgIpc) is 3.38. The average molecular weight is 544 g/mol. The Morgan fingerprint density at radius 1 is 1.11 bits per heavy atom. The highest BCUT2D eigenvalue weighted by Gasteiger charge is 2.29. The third kappa shape index (κ3) is 7.96. The van der Waals surface area contributed by atoms with Gasteiger partial charge in [0.2, 0.25) is 21.8 Å². The Balaban J connectivity index is 1.75. The number of carbonyl (C=O) groups is 2. The van der Waals surface area contributed by atoms with Crippen molar-refractivity contribution < 1.29 is 22.7 Å². The summed E-state index contributed by atoms with van der Waals surface area (Å²) in [6.45, 7) is 5.97. The lowest BCUT2D eigenvalue weighted by Gasteiger charge is -2.30. The van der Waals surface area contributed by atoms with Gasteiger partial charge in [0.1, 0.15) is 11.8 Å². The number of hydrogen-bond acceptors (Lipinski definition) is 5. The maximum Gasteiger partial charge on any atom is 0.242 e. The SMILES string of the molecule is COc1cccc(CN(C(=O)CCCN(c2cc(C)ccc2C)S(C)(=O)=O)[C@@H](C)C(=O)NC2CCCC2)c1. The fraction of sp³-hybridized carbons (Fsp3) is 0.517. The fourth-order valence-electron chi connectivity index (χ4n) is 4.91. The van der Waals surface area contributed by atoms with Crippen molar-refractivity contribution in [1.29, 1.82) is 0 Å². The van der Waals surface area contributed by atoms with Crippen LogP contribution in [0.3, 0.4) is 0 Å². The Bertz CT molecular complexity index is 1220. The Labute approximate surface area is 227 Å². The summed E-state index contributed by atoms with van der Waals surface area (Å²) in [5, 5.41) is 3.10. The molecule has 0 aromatic heterocycles. The minimum Gasteiger partial charge on any atom is -0.497 e. The molecule has 0 heterocycles. The van der Waals surface area contributed by atoms with E-state index < -0.39 is 16.1 Å². The third-order valence-corrected chi connectivity index (χ3v) is 8.32. The smallest absolute Gasteiger partial charge is 0.242 e. The van der Waals surface area contributed by atoms with E-state index in [4.69, 9.17) is 4.74 Å². The molecule has 208 valence electrons. The minimum atomic E-state index is -3.54. The van der Waals surface area contributed by atoms with E-state index in [1.54, 1.807) is 18.9 Å². The van der Waals surface area contributed by atoms with Crippen molar-refractivity contribution in [3.63, 3.8) is 0 Å². The molecule has 8 nitrogen and oxygen atoms in total. The molecule has 9 heteroatoms.